The van der Waals surface area contributed by atoms with Crippen molar-refractivity contribution in [3.05, 3.63) is 142 Å². The molecule has 80 heavy (non-hydrogen) atoms. The average Bonchev–Trinajstić information content (AvgIpc) is 4.22. The molecule has 9 nitrogen and oxygen atoms in total. The summed E-state index contributed by atoms with van der Waals surface area (Å²) in [7, 11) is 0. The second kappa shape index (κ2) is 31.8. The zero-order valence-electron chi connectivity index (χ0n) is 49.1. The van der Waals surface area contributed by atoms with Crippen molar-refractivity contribution < 1.29 is 33.6 Å². The number of nitrogens with zero attached hydrogens (tertiary/aromatic N) is 2. The van der Waals surface area contributed by atoms with Gasteiger partial charge in [0.1, 0.15) is 28.0 Å². The molecule has 0 bridgehead atoms. The van der Waals surface area contributed by atoms with E-state index < -0.39 is 17.3 Å². The Labute approximate surface area is 487 Å². The summed E-state index contributed by atoms with van der Waals surface area (Å²) in [5.74, 6) is 3.06. The maximum atomic E-state index is 14.7. The molecular formula is C69H88N2O7S2. The molecule has 2 heterocycles. The summed E-state index contributed by atoms with van der Waals surface area (Å²) >= 11 is 2.62. The molecule has 4 atom stereocenters. The Morgan fingerprint density at radius 1 is 0.463 bits per heavy atom. The number of Topliss-reactive ketones (excluding diaryl/α,β-unsaturated/α-hetero) is 2. The molecule has 0 N–H and O–H groups in total. The summed E-state index contributed by atoms with van der Waals surface area (Å²) in [5, 5.41) is 16.2. The van der Waals surface area contributed by atoms with Gasteiger partial charge in [0.25, 0.3) is 5.04 Å². The molecule has 1 aromatic heterocycles. The molecular weight excluding hydrogens is 1030 g/mol. The second-order valence-electron chi connectivity index (χ2n) is 21.6. The molecule has 428 valence electrons. The van der Waals surface area contributed by atoms with E-state index in [0.717, 1.165) is 107 Å². The van der Waals surface area contributed by atoms with Crippen LogP contribution in [0.15, 0.2) is 138 Å². The van der Waals surface area contributed by atoms with Crippen LogP contribution in [0.25, 0.3) is 5.57 Å². The van der Waals surface area contributed by atoms with Gasteiger partial charge in [-0.3, -0.25) is 9.59 Å². The average molecular weight is 1120 g/mol. The lowest BCUT2D eigenvalue weighted by molar-refractivity contribution is -0.294. The SMILES string of the molecule is CCCCC(CC)COc1ccc(N(c2ccc(OCC(CC)CCCC)cc2)c2ccc(C3=C([O-])/C(=C4\C=CC(=[N+](c5ccc(OCC(CC)CCCC)cc5)c5ccc(OCC(CC)CCCC)cc5)S4)C(=O)C3=O)s2)cc1. The smallest absolute Gasteiger partial charge is 0.251 e. The minimum absolute atomic E-state index is 0.103. The number of unbranched alkanes of at least 4 members (excludes halogenated alkanes) is 4. The lowest BCUT2D eigenvalue weighted by Crippen LogP contribution is -2.14. The minimum atomic E-state index is -0.792. The highest BCUT2D eigenvalue weighted by atomic mass is 32.2. The molecule has 0 saturated carbocycles. The molecule has 0 spiro atoms. The van der Waals surface area contributed by atoms with Crippen molar-refractivity contribution in [2.45, 2.75) is 158 Å². The highest BCUT2D eigenvalue weighted by Crippen LogP contribution is 2.45. The van der Waals surface area contributed by atoms with Crippen LogP contribution in [0.3, 0.4) is 0 Å². The van der Waals surface area contributed by atoms with Gasteiger partial charge < -0.3 is 29.0 Å². The first-order valence-corrected chi connectivity index (χ1v) is 31.8. The molecule has 0 saturated heterocycles. The number of rotatable bonds is 34. The van der Waals surface area contributed by atoms with Crippen molar-refractivity contribution in [3.8, 4) is 23.0 Å². The zero-order chi connectivity index (χ0) is 56.8. The van der Waals surface area contributed by atoms with Crippen LogP contribution >= 0.6 is 23.1 Å². The van der Waals surface area contributed by atoms with Crippen molar-refractivity contribution in [1.29, 1.82) is 0 Å². The molecule has 4 aromatic carbocycles. The maximum absolute atomic E-state index is 14.7. The van der Waals surface area contributed by atoms with E-state index in [2.05, 4.69) is 64.9 Å². The van der Waals surface area contributed by atoms with Crippen LogP contribution in [-0.2, 0) is 9.59 Å². The Morgan fingerprint density at radius 2 is 0.825 bits per heavy atom. The number of thioether (sulfide) groups is 1. The number of thiophene rings is 1. The number of ether oxygens (including phenoxy) is 4. The van der Waals surface area contributed by atoms with E-state index >= 15 is 0 Å². The lowest BCUT2D eigenvalue weighted by atomic mass is 10.0. The van der Waals surface area contributed by atoms with Crippen LogP contribution in [0, 0.1) is 23.7 Å². The Morgan fingerprint density at radius 3 is 1.19 bits per heavy atom. The van der Waals surface area contributed by atoms with E-state index in [1.165, 1.54) is 74.5 Å². The van der Waals surface area contributed by atoms with Gasteiger partial charge in [0, 0.05) is 62.6 Å². The summed E-state index contributed by atoms with van der Waals surface area (Å²) < 4.78 is 27.4. The molecule has 4 unspecified atom stereocenters. The van der Waals surface area contributed by atoms with Crippen LogP contribution in [0.1, 0.15) is 163 Å². The van der Waals surface area contributed by atoms with E-state index in [1.807, 2.05) is 109 Å². The fourth-order valence-corrected chi connectivity index (χ4v) is 12.4. The fraction of sp³-hybridized carbons (Fsp3) is 0.464. The Hall–Kier alpha value is -6.04. The number of ketones is 2. The number of hydrogen-bond donors (Lipinski definition) is 0. The summed E-state index contributed by atoms with van der Waals surface area (Å²) in [4.78, 5) is 31.3. The third-order valence-corrected chi connectivity index (χ3v) is 17.9. The number of carbonyl (C=O) groups is 2. The topological polar surface area (TPSA) is 100 Å². The highest BCUT2D eigenvalue weighted by molar-refractivity contribution is 8.18. The molecule has 1 aliphatic carbocycles. The van der Waals surface area contributed by atoms with Crippen molar-refractivity contribution in [2.75, 3.05) is 31.3 Å². The number of benzene rings is 4. The standard InChI is InChI=1S/C69H88N2O7S2/c1-9-17-21-49(13-5)45-75-57-33-25-53(26-34-57)70(54-27-35-58(36-28-54)76-46-50(14-6)22-18-10-2)63-43-41-61(79-63)65-67(72)66(69(74)68(65)73)62-42-44-64(80-62)71(55-29-37-59(38-30-55)77-47-51(15-7)23-19-11-3)56-31-39-60(40-32-56)78-48-52(16-8)24-20-12-4/h25-44,49-52H,9-24,45-48H2,1-8H3. The number of carbonyl (C=O) groups excluding carboxylic acids is 2. The minimum Gasteiger partial charge on any atom is -0.871 e. The predicted molar refractivity (Wildman–Crippen MR) is 334 cm³/mol. The molecule has 0 fully saturated rings. The third-order valence-electron chi connectivity index (χ3n) is 15.7. The number of anilines is 3. The monoisotopic (exact) mass is 1120 g/mol. The van der Waals surface area contributed by atoms with Gasteiger partial charge >= 0.3 is 0 Å². The molecule has 2 aliphatic rings. The van der Waals surface area contributed by atoms with E-state index in [9.17, 15) is 14.7 Å². The van der Waals surface area contributed by atoms with E-state index in [0.29, 0.717) is 59.9 Å². The van der Waals surface area contributed by atoms with Crippen LogP contribution in [0.2, 0.25) is 0 Å². The maximum Gasteiger partial charge on any atom is 0.251 e. The number of hydrogen-bond acceptors (Lipinski definition) is 10. The van der Waals surface area contributed by atoms with Gasteiger partial charge in [-0.1, -0.05) is 138 Å². The lowest BCUT2D eigenvalue weighted by Gasteiger charge is -2.24. The largest absolute Gasteiger partial charge is 0.871 e. The van der Waals surface area contributed by atoms with Crippen molar-refractivity contribution >= 4 is 73.0 Å². The zero-order valence-corrected chi connectivity index (χ0v) is 50.7. The number of allylic oxidation sites excluding steroid dienone is 3. The Bertz CT molecular complexity index is 2740. The first-order valence-electron chi connectivity index (χ1n) is 30.2. The van der Waals surface area contributed by atoms with Gasteiger partial charge in [-0.2, -0.15) is 0 Å². The molecule has 5 aromatic rings. The molecule has 7 rings (SSSR count). The normalized spacial score (nSPS) is 15.8. The second-order valence-corrected chi connectivity index (χ2v) is 23.7. The molecule has 11 heteroatoms. The summed E-state index contributed by atoms with van der Waals surface area (Å²) in [6.45, 7) is 20.4. The van der Waals surface area contributed by atoms with Crippen molar-refractivity contribution in [3.63, 3.8) is 0 Å². The van der Waals surface area contributed by atoms with Gasteiger partial charge in [-0.15, -0.1) is 15.9 Å². The Balaban J connectivity index is 1.19. The Kier molecular flexibility index (Phi) is 24.5. The summed E-state index contributed by atoms with van der Waals surface area (Å²) in [6.07, 6.45) is 22.0. The van der Waals surface area contributed by atoms with E-state index in [-0.39, 0.29) is 11.1 Å². The van der Waals surface area contributed by atoms with Gasteiger partial charge in [0.2, 0.25) is 22.9 Å². The van der Waals surface area contributed by atoms with Crippen LogP contribution in [0.5, 0.6) is 23.0 Å². The first-order chi connectivity index (χ1) is 39.1. The van der Waals surface area contributed by atoms with Crippen LogP contribution in [-0.4, -0.2) is 43.0 Å². The third kappa shape index (κ3) is 16.6. The highest BCUT2D eigenvalue weighted by Gasteiger charge is 2.37. The quantitative estimate of drug-likeness (QED) is 0.0226. The van der Waals surface area contributed by atoms with Crippen LogP contribution in [0.4, 0.5) is 27.8 Å². The van der Waals surface area contributed by atoms with Gasteiger partial charge in [-0.25, -0.2) is 0 Å². The molecule has 0 amide bonds. The predicted octanol–water partition coefficient (Wildman–Crippen LogP) is 18.3. The summed E-state index contributed by atoms with van der Waals surface area (Å²) in [5.41, 5.74) is 3.30. The molecule has 0 radical (unpaired) electrons. The molecule has 1 aliphatic heterocycles. The van der Waals surface area contributed by atoms with E-state index in [1.54, 1.807) is 12.1 Å². The van der Waals surface area contributed by atoms with Gasteiger partial charge in [0.05, 0.1) is 26.4 Å². The van der Waals surface area contributed by atoms with Crippen molar-refractivity contribution in [1.82, 2.24) is 4.58 Å². The first kappa shape index (κ1) is 61.6. The van der Waals surface area contributed by atoms with Crippen LogP contribution < -0.4 is 33.5 Å². The van der Waals surface area contributed by atoms with Crippen molar-refractivity contribution in [2.24, 2.45) is 23.7 Å². The van der Waals surface area contributed by atoms with E-state index in [4.69, 9.17) is 18.9 Å². The van der Waals surface area contributed by atoms with Gasteiger partial charge in [0.15, 0.2) is 0 Å². The summed E-state index contributed by atoms with van der Waals surface area (Å²) in [6, 6.07) is 36.0. The fourth-order valence-electron chi connectivity index (χ4n) is 10.2. The van der Waals surface area contributed by atoms with Gasteiger partial charge in [-0.05, 0) is 152 Å².